The van der Waals surface area contributed by atoms with Crippen LogP contribution >= 0.6 is 0 Å². The lowest BCUT2D eigenvalue weighted by molar-refractivity contribution is -0.143. The standard InChI is InChI=1S/C20H21N9O6/c1-28(9-11-8-23-17-15(24-11)16(21)25-20(22)26-17)12-4-2-10(3-5-12)18(32)29(27-35)13(19(33)34)6-7-14(30)31/h2-5,8,13H,6-7,9H2,1H3,(H,30,31)(H,33,34)(H4,21,22,23,25,26)/t13-/m1/s1. The highest BCUT2D eigenvalue weighted by Crippen LogP contribution is 2.20. The molecule has 0 saturated heterocycles. The molecule has 35 heavy (non-hydrogen) atoms. The van der Waals surface area contributed by atoms with Crippen LogP contribution in [-0.2, 0) is 16.1 Å². The Morgan fingerprint density at radius 3 is 2.37 bits per heavy atom. The summed E-state index contributed by atoms with van der Waals surface area (Å²) in [6.45, 7) is 0.304. The number of anilines is 3. The number of nitrogens with zero attached hydrogens (tertiary/aromatic N) is 7. The second kappa shape index (κ2) is 10.3. The zero-order valence-electron chi connectivity index (χ0n) is 18.4. The van der Waals surface area contributed by atoms with Gasteiger partial charge in [-0.05, 0) is 30.7 Å². The Hall–Kier alpha value is -4.95. The topological polar surface area (TPSA) is 231 Å². The number of nitrogen functional groups attached to an aromatic ring is 2. The zero-order chi connectivity index (χ0) is 25.7. The van der Waals surface area contributed by atoms with Crippen LogP contribution in [0.15, 0.2) is 35.7 Å². The molecular formula is C20H21N9O6. The van der Waals surface area contributed by atoms with Gasteiger partial charge in [-0.25, -0.2) is 14.8 Å². The number of rotatable bonds is 10. The van der Waals surface area contributed by atoms with Gasteiger partial charge in [0.15, 0.2) is 23.0 Å². The number of benzene rings is 1. The van der Waals surface area contributed by atoms with E-state index in [-0.39, 0.29) is 28.0 Å². The minimum absolute atomic E-state index is 0.00340. The molecule has 0 saturated carbocycles. The molecule has 3 rings (SSSR count). The van der Waals surface area contributed by atoms with Gasteiger partial charge in [0.25, 0.3) is 5.91 Å². The van der Waals surface area contributed by atoms with Crippen molar-refractivity contribution in [2.24, 2.45) is 5.29 Å². The predicted molar refractivity (Wildman–Crippen MR) is 123 cm³/mol. The number of aliphatic carboxylic acids is 2. The average Bonchev–Trinajstić information content (AvgIpc) is 2.81. The summed E-state index contributed by atoms with van der Waals surface area (Å²) in [5, 5.41) is 20.8. The Bertz CT molecular complexity index is 1280. The van der Waals surface area contributed by atoms with Gasteiger partial charge in [0.1, 0.15) is 0 Å². The Morgan fingerprint density at radius 2 is 1.77 bits per heavy atom. The lowest BCUT2D eigenvalue weighted by atomic mass is 10.1. The summed E-state index contributed by atoms with van der Waals surface area (Å²) in [7, 11) is 1.76. The number of nitrogens with two attached hydrogens (primary N) is 2. The van der Waals surface area contributed by atoms with Crippen LogP contribution in [0.25, 0.3) is 11.2 Å². The molecule has 1 amide bonds. The van der Waals surface area contributed by atoms with Crippen molar-refractivity contribution in [1.82, 2.24) is 24.9 Å². The molecule has 0 spiro atoms. The highest BCUT2D eigenvalue weighted by atomic mass is 16.4. The van der Waals surface area contributed by atoms with Gasteiger partial charge in [0.2, 0.25) is 5.95 Å². The molecule has 6 N–H and O–H groups in total. The number of carboxylic acid groups (broad SMARTS) is 2. The minimum atomic E-state index is -1.71. The third kappa shape index (κ3) is 5.70. The SMILES string of the molecule is CN(Cc1cnc2nc(N)nc(N)c2n1)c1ccc(C(=O)N(N=O)[C@H](CCC(=O)O)C(=O)O)cc1. The summed E-state index contributed by atoms with van der Waals surface area (Å²) in [6, 6.07) is 4.23. The van der Waals surface area contributed by atoms with Gasteiger partial charge in [-0.1, -0.05) is 0 Å². The van der Waals surface area contributed by atoms with E-state index >= 15 is 0 Å². The quantitative estimate of drug-likeness (QED) is 0.229. The van der Waals surface area contributed by atoms with E-state index in [1.54, 1.807) is 24.1 Å². The van der Waals surface area contributed by atoms with Crippen molar-refractivity contribution >= 4 is 46.5 Å². The van der Waals surface area contributed by atoms with E-state index < -0.39 is 36.7 Å². The van der Waals surface area contributed by atoms with Gasteiger partial charge < -0.3 is 26.6 Å². The maximum absolute atomic E-state index is 12.7. The monoisotopic (exact) mass is 483 g/mol. The van der Waals surface area contributed by atoms with Gasteiger partial charge in [-0.15, -0.1) is 4.91 Å². The van der Waals surface area contributed by atoms with Crippen molar-refractivity contribution in [3.63, 3.8) is 0 Å². The summed E-state index contributed by atoms with van der Waals surface area (Å²) >= 11 is 0. The molecule has 0 unspecified atom stereocenters. The van der Waals surface area contributed by atoms with Crippen molar-refractivity contribution in [3.8, 4) is 0 Å². The number of hydrogen-bond acceptors (Lipinski definition) is 12. The third-order valence-electron chi connectivity index (χ3n) is 4.96. The Morgan fingerprint density at radius 1 is 1.09 bits per heavy atom. The number of hydrogen-bond donors (Lipinski definition) is 4. The molecule has 3 aromatic rings. The molecule has 15 nitrogen and oxygen atoms in total. The maximum Gasteiger partial charge on any atom is 0.328 e. The number of nitroso groups, excluding NO2 is 1. The van der Waals surface area contributed by atoms with Crippen LogP contribution in [0.2, 0.25) is 0 Å². The van der Waals surface area contributed by atoms with Gasteiger partial charge in [0, 0.05) is 24.7 Å². The summed E-state index contributed by atoms with van der Waals surface area (Å²) in [5.41, 5.74) is 13.2. The Labute approximate surface area is 197 Å². The van der Waals surface area contributed by atoms with E-state index in [1.807, 2.05) is 0 Å². The first kappa shape index (κ1) is 24.7. The van der Waals surface area contributed by atoms with E-state index in [0.717, 1.165) is 0 Å². The largest absolute Gasteiger partial charge is 0.481 e. The van der Waals surface area contributed by atoms with Gasteiger partial charge in [-0.2, -0.15) is 15.0 Å². The van der Waals surface area contributed by atoms with Crippen molar-refractivity contribution in [3.05, 3.63) is 46.6 Å². The first-order valence-corrected chi connectivity index (χ1v) is 10.1. The highest BCUT2D eigenvalue weighted by molar-refractivity contribution is 5.96. The number of aromatic nitrogens is 4. The molecule has 182 valence electrons. The fraction of sp³-hybridized carbons (Fsp3) is 0.250. The van der Waals surface area contributed by atoms with E-state index in [0.29, 0.717) is 23.4 Å². The summed E-state index contributed by atoms with van der Waals surface area (Å²) in [5.74, 6) is -3.69. The van der Waals surface area contributed by atoms with Crippen LogP contribution in [0.1, 0.15) is 28.9 Å². The van der Waals surface area contributed by atoms with Crippen molar-refractivity contribution in [2.75, 3.05) is 23.4 Å². The predicted octanol–water partition coefficient (Wildman–Crippen LogP) is 0.662. The second-order valence-electron chi connectivity index (χ2n) is 7.42. The molecule has 2 heterocycles. The minimum Gasteiger partial charge on any atom is -0.481 e. The molecule has 0 bridgehead atoms. The summed E-state index contributed by atoms with van der Waals surface area (Å²) < 4.78 is 0. The van der Waals surface area contributed by atoms with Crippen LogP contribution in [0, 0.1) is 4.91 Å². The summed E-state index contributed by atoms with van der Waals surface area (Å²) in [6.07, 6.45) is 0.486. The van der Waals surface area contributed by atoms with Gasteiger partial charge >= 0.3 is 11.9 Å². The van der Waals surface area contributed by atoms with Gasteiger partial charge in [0.05, 0.1) is 23.7 Å². The molecule has 0 aliphatic heterocycles. The fourth-order valence-electron chi connectivity index (χ4n) is 3.23. The zero-order valence-corrected chi connectivity index (χ0v) is 18.4. The molecule has 0 radical (unpaired) electrons. The van der Waals surface area contributed by atoms with Crippen molar-refractivity contribution in [2.45, 2.75) is 25.4 Å². The molecule has 0 fully saturated rings. The van der Waals surface area contributed by atoms with Crippen LogP contribution in [-0.4, -0.2) is 66.1 Å². The molecule has 0 aliphatic carbocycles. The Kier molecular flexibility index (Phi) is 7.28. The van der Waals surface area contributed by atoms with E-state index in [2.05, 4.69) is 25.2 Å². The number of carboxylic acids is 2. The van der Waals surface area contributed by atoms with E-state index in [4.69, 9.17) is 16.6 Å². The number of carbonyl (C=O) groups is 3. The van der Waals surface area contributed by atoms with Crippen LogP contribution in [0.3, 0.4) is 0 Å². The number of amides is 1. The van der Waals surface area contributed by atoms with Crippen LogP contribution in [0.4, 0.5) is 17.5 Å². The fourth-order valence-corrected chi connectivity index (χ4v) is 3.23. The first-order chi connectivity index (χ1) is 16.6. The average molecular weight is 483 g/mol. The van der Waals surface area contributed by atoms with E-state index in [9.17, 15) is 24.4 Å². The molecule has 15 heteroatoms. The van der Waals surface area contributed by atoms with E-state index in [1.165, 1.54) is 18.3 Å². The number of carbonyl (C=O) groups excluding carboxylic acids is 1. The van der Waals surface area contributed by atoms with Crippen LogP contribution in [0.5, 0.6) is 0 Å². The highest BCUT2D eigenvalue weighted by Gasteiger charge is 2.32. The smallest absolute Gasteiger partial charge is 0.328 e. The summed E-state index contributed by atoms with van der Waals surface area (Å²) in [4.78, 5) is 64.4. The molecular weight excluding hydrogens is 462 g/mol. The molecule has 0 aliphatic rings. The molecule has 1 aromatic carbocycles. The third-order valence-corrected chi connectivity index (χ3v) is 4.96. The Balaban J connectivity index is 1.75. The lowest BCUT2D eigenvalue weighted by Gasteiger charge is -2.22. The number of fused-ring (bicyclic) bond motifs is 1. The normalized spacial score (nSPS) is 11.6. The van der Waals surface area contributed by atoms with Gasteiger partial charge in [-0.3, -0.25) is 9.59 Å². The van der Waals surface area contributed by atoms with Crippen molar-refractivity contribution < 1.29 is 24.6 Å². The maximum atomic E-state index is 12.7. The first-order valence-electron chi connectivity index (χ1n) is 10.1. The molecule has 1 atom stereocenters. The van der Waals surface area contributed by atoms with Crippen molar-refractivity contribution in [1.29, 1.82) is 0 Å². The lowest BCUT2D eigenvalue weighted by Crippen LogP contribution is -2.41. The van der Waals surface area contributed by atoms with Crippen LogP contribution < -0.4 is 16.4 Å². The molecule has 2 aromatic heterocycles. The second-order valence-corrected chi connectivity index (χ2v) is 7.42.